The monoisotopic (exact) mass is 351 g/mol. The predicted molar refractivity (Wildman–Crippen MR) is 62.3 cm³/mol. The molecule has 0 aromatic carbocycles. The molecule has 0 aliphatic rings. The zero-order chi connectivity index (χ0) is 12.3. The molecule has 0 aliphatic heterocycles. The van der Waals surface area contributed by atoms with Crippen LogP contribution in [0.3, 0.4) is 0 Å². The number of ether oxygens (including phenoxy) is 2. The second kappa shape index (κ2) is 5.40. The third-order valence-corrected chi connectivity index (χ3v) is 2.90. The minimum atomic E-state index is -0.635. The Morgan fingerprint density at radius 3 is 1.75 bits per heavy atom. The van der Waals surface area contributed by atoms with E-state index in [-0.39, 0.29) is 11.4 Å². The highest BCUT2D eigenvalue weighted by Gasteiger charge is 2.20. The van der Waals surface area contributed by atoms with Gasteiger partial charge in [-0.15, -0.1) is 0 Å². The zero-order valence-corrected chi connectivity index (χ0v) is 11.6. The van der Waals surface area contributed by atoms with Gasteiger partial charge in [0.1, 0.15) is 0 Å². The molecule has 1 aromatic rings. The first-order valence-corrected chi connectivity index (χ1v) is 5.62. The third kappa shape index (κ3) is 2.59. The highest BCUT2D eigenvalue weighted by Crippen LogP contribution is 2.24. The molecule has 0 spiro atoms. The lowest BCUT2D eigenvalue weighted by Gasteiger charge is -2.06. The first kappa shape index (κ1) is 13.1. The summed E-state index contributed by atoms with van der Waals surface area (Å²) in [4.78, 5) is 26.5. The maximum Gasteiger partial charge on any atom is 0.357 e. The van der Waals surface area contributed by atoms with Crippen LogP contribution in [0.2, 0.25) is 0 Å². The molecule has 0 aliphatic carbocycles. The average Bonchev–Trinajstić information content (AvgIpc) is 2.27. The average molecular weight is 353 g/mol. The second-order valence-corrected chi connectivity index (χ2v) is 4.34. The van der Waals surface area contributed by atoms with Crippen LogP contribution in [-0.2, 0) is 9.47 Å². The molecule has 0 N–H and O–H groups in total. The summed E-state index contributed by atoms with van der Waals surface area (Å²) in [6, 6.07) is 1.53. The fraction of sp³-hybridized carbons (Fsp3) is 0.222. The summed E-state index contributed by atoms with van der Waals surface area (Å²) >= 11 is 6.30. The van der Waals surface area contributed by atoms with Crippen molar-refractivity contribution in [1.29, 1.82) is 0 Å². The van der Waals surface area contributed by atoms with Gasteiger partial charge in [-0.3, -0.25) is 0 Å². The molecule has 16 heavy (non-hydrogen) atoms. The fourth-order valence-corrected chi connectivity index (χ4v) is 2.21. The molecular formula is C9H7Br2NO4. The smallest absolute Gasteiger partial charge is 0.357 e. The van der Waals surface area contributed by atoms with E-state index in [1.807, 2.05) is 0 Å². The van der Waals surface area contributed by atoms with Crippen LogP contribution in [0.1, 0.15) is 21.0 Å². The summed E-state index contributed by atoms with van der Waals surface area (Å²) in [6.07, 6.45) is 0. The highest BCUT2D eigenvalue weighted by atomic mass is 79.9. The van der Waals surface area contributed by atoms with Crippen LogP contribution < -0.4 is 0 Å². The first-order chi connectivity index (χ1) is 7.51. The van der Waals surface area contributed by atoms with E-state index in [0.29, 0.717) is 8.95 Å². The molecule has 0 bridgehead atoms. The van der Waals surface area contributed by atoms with Crippen molar-refractivity contribution in [3.8, 4) is 0 Å². The molecule has 0 fully saturated rings. The van der Waals surface area contributed by atoms with Crippen LogP contribution in [0.15, 0.2) is 15.0 Å². The van der Waals surface area contributed by atoms with E-state index in [1.165, 1.54) is 20.3 Å². The Hall–Kier alpha value is -0.950. The van der Waals surface area contributed by atoms with Gasteiger partial charge in [-0.05, 0) is 37.9 Å². The molecule has 0 amide bonds. The van der Waals surface area contributed by atoms with Crippen LogP contribution in [0, 0.1) is 0 Å². The number of methoxy groups -OCH3 is 2. The van der Waals surface area contributed by atoms with Crippen molar-refractivity contribution >= 4 is 43.8 Å². The summed E-state index contributed by atoms with van der Waals surface area (Å²) in [5, 5.41) is 0. The Labute approximate surface area is 108 Å². The first-order valence-electron chi connectivity index (χ1n) is 4.04. The molecule has 86 valence electrons. The van der Waals surface area contributed by atoms with Crippen LogP contribution in [0.5, 0.6) is 0 Å². The van der Waals surface area contributed by atoms with Gasteiger partial charge in [0.05, 0.1) is 23.2 Å². The molecule has 5 nitrogen and oxygen atoms in total. The molecule has 0 unspecified atom stereocenters. The molecule has 0 atom stereocenters. The van der Waals surface area contributed by atoms with Crippen molar-refractivity contribution < 1.29 is 19.1 Å². The Morgan fingerprint density at radius 1 is 1.06 bits per heavy atom. The molecule has 1 rings (SSSR count). The van der Waals surface area contributed by atoms with Gasteiger partial charge in [0.25, 0.3) is 0 Å². The van der Waals surface area contributed by atoms with Crippen molar-refractivity contribution in [2.45, 2.75) is 0 Å². The number of rotatable bonds is 2. The van der Waals surface area contributed by atoms with E-state index in [9.17, 15) is 9.59 Å². The lowest BCUT2D eigenvalue weighted by Crippen LogP contribution is -2.12. The number of carbonyl (C=O) groups excluding carboxylic acids is 2. The van der Waals surface area contributed by atoms with Crippen molar-refractivity contribution in [2.75, 3.05) is 14.2 Å². The van der Waals surface area contributed by atoms with E-state index in [2.05, 4.69) is 46.3 Å². The standard InChI is InChI=1S/C9H7Br2NO4/c1-15-8(13)6-4(10)3-5(11)7(12-6)9(14)16-2/h3H,1-2H3. The number of hydrogen-bond acceptors (Lipinski definition) is 5. The minimum Gasteiger partial charge on any atom is -0.464 e. The van der Waals surface area contributed by atoms with Gasteiger partial charge >= 0.3 is 11.9 Å². The Morgan fingerprint density at radius 2 is 1.44 bits per heavy atom. The Balaban J connectivity index is 3.32. The van der Waals surface area contributed by atoms with Crippen molar-refractivity contribution in [2.24, 2.45) is 0 Å². The lowest BCUT2D eigenvalue weighted by molar-refractivity contribution is 0.0584. The molecule has 1 aromatic heterocycles. The number of nitrogens with zero attached hydrogens (tertiary/aromatic N) is 1. The summed E-state index contributed by atoms with van der Waals surface area (Å²) in [5.41, 5.74) is 0.0391. The second-order valence-electron chi connectivity index (χ2n) is 2.63. The van der Waals surface area contributed by atoms with Gasteiger partial charge in [-0.2, -0.15) is 0 Å². The predicted octanol–water partition coefficient (Wildman–Crippen LogP) is 2.18. The van der Waals surface area contributed by atoms with Crippen molar-refractivity contribution in [1.82, 2.24) is 4.98 Å². The van der Waals surface area contributed by atoms with E-state index in [4.69, 9.17) is 0 Å². The van der Waals surface area contributed by atoms with E-state index in [1.54, 1.807) is 0 Å². The topological polar surface area (TPSA) is 65.5 Å². The normalized spacial score (nSPS) is 9.75. The largest absolute Gasteiger partial charge is 0.464 e. The number of hydrogen-bond donors (Lipinski definition) is 0. The number of aromatic nitrogens is 1. The number of pyridine rings is 1. The van der Waals surface area contributed by atoms with Crippen LogP contribution in [0.25, 0.3) is 0 Å². The van der Waals surface area contributed by atoms with Crippen molar-refractivity contribution in [3.05, 3.63) is 26.4 Å². The highest BCUT2D eigenvalue weighted by molar-refractivity contribution is 9.11. The van der Waals surface area contributed by atoms with Gasteiger partial charge < -0.3 is 9.47 Å². The maximum absolute atomic E-state index is 11.3. The Bertz CT molecular complexity index is 410. The van der Waals surface area contributed by atoms with Gasteiger partial charge in [-0.1, -0.05) is 0 Å². The maximum atomic E-state index is 11.3. The van der Waals surface area contributed by atoms with E-state index < -0.39 is 11.9 Å². The zero-order valence-electron chi connectivity index (χ0n) is 8.41. The van der Waals surface area contributed by atoms with E-state index in [0.717, 1.165) is 0 Å². The van der Waals surface area contributed by atoms with Gasteiger partial charge in [-0.25, -0.2) is 14.6 Å². The molecular weight excluding hydrogens is 346 g/mol. The van der Waals surface area contributed by atoms with Crippen LogP contribution in [-0.4, -0.2) is 31.1 Å². The van der Waals surface area contributed by atoms with Crippen LogP contribution in [0.4, 0.5) is 0 Å². The molecule has 0 radical (unpaired) electrons. The number of carbonyl (C=O) groups is 2. The molecule has 0 saturated carbocycles. The lowest BCUT2D eigenvalue weighted by atomic mass is 10.3. The molecule has 0 saturated heterocycles. The van der Waals surface area contributed by atoms with Gasteiger partial charge in [0.2, 0.25) is 0 Å². The quantitative estimate of drug-likeness (QED) is 0.763. The third-order valence-electron chi connectivity index (χ3n) is 1.69. The van der Waals surface area contributed by atoms with Crippen LogP contribution >= 0.6 is 31.9 Å². The Kier molecular flexibility index (Phi) is 4.43. The van der Waals surface area contributed by atoms with Gasteiger partial charge in [0, 0.05) is 0 Å². The summed E-state index contributed by atoms with van der Waals surface area (Å²) in [5.74, 6) is -1.27. The van der Waals surface area contributed by atoms with Gasteiger partial charge in [0.15, 0.2) is 11.4 Å². The van der Waals surface area contributed by atoms with E-state index >= 15 is 0 Å². The summed E-state index contributed by atoms with van der Waals surface area (Å²) in [6.45, 7) is 0. The van der Waals surface area contributed by atoms with Crippen molar-refractivity contribution in [3.63, 3.8) is 0 Å². The number of esters is 2. The molecule has 1 heterocycles. The SMILES string of the molecule is COC(=O)c1nc(C(=O)OC)c(Br)cc1Br. The minimum absolute atomic E-state index is 0.0195. The molecule has 7 heteroatoms. The summed E-state index contributed by atoms with van der Waals surface area (Å²) in [7, 11) is 2.46. The number of halogens is 2. The fourth-order valence-electron chi connectivity index (χ4n) is 0.946. The summed E-state index contributed by atoms with van der Waals surface area (Å²) < 4.78 is 9.91.